The Bertz CT molecular complexity index is 4110. The molecule has 7 heterocycles. The van der Waals surface area contributed by atoms with Crippen molar-refractivity contribution in [1.82, 2.24) is 114 Å². The van der Waals surface area contributed by atoms with Gasteiger partial charge in [-0.25, -0.2) is 15.0 Å². The smallest absolute Gasteiger partial charge is 0.303 e. The number of hydrogen-bond acceptors (Lipinski definition) is 27. The summed E-state index contributed by atoms with van der Waals surface area (Å²) in [5, 5.41) is 65.1. The summed E-state index contributed by atoms with van der Waals surface area (Å²) in [6, 6.07) is -23.6. The van der Waals surface area contributed by atoms with E-state index in [9.17, 15) is 72.5 Å². The Balaban J connectivity index is 1.35. The van der Waals surface area contributed by atoms with Crippen molar-refractivity contribution in [2.75, 3.05) is 55.8 Å². The standard InChI is InChI=1S/C72H110N26O19S4/c1-34(2)18-42-60(106)92-47(57(74)103)27-118-120-29-49-65(111)91-46(26-99)62(108)90-45(21-39-25-79-33-83-39)71(117)98-17-9-12-52(98)67(113)96-56(36(5)6)69(115)94-50(30-121-119-28-48(63(109)93-49)84-53(100)22-73)64(110)88-43(19-37-23-77-31-81-37)61(107)95-55(35(3)4)68(114)86-40(10-7-15-80-72(75)76)58(104)89-44(20-38-24-78-32-82-38)70(116)97-16-8-11-51(97)66(112)85-41(59(105)87-42)13-14-54(101)102/h23-25,31-36,40-52,55-56,99H,7-22,26-30,73H2,1-6H3,(H2,74,103)(H,77,81)(H,78,82)(H,79,83)(H,84,100)(H,85,112)(H,86,114)(H,87,105)(H,88,110)(H,89,104)(H,90,108)(H,91,111)(H,92,106)(H,93,109)(H,94,115)(H,95,107)(H,96,113)(H,101,102)(H4,75,76,80)/t40-,41-,42-,43-,44-,45-,46-,47-,48-,49-,50-,51-,52-,55-,56-/m0/s1. The molecule has 3 aromatic rings. The molecule has 26 N–H and O–H groups in total. The summed E-state index contributed by atoms with van der Waals surface area (Å²) in [6.07, 6.45) is 5.99. The zero-order valence-corrected chi connectivity index (χ0v) is 70.9. The number of carboxylic acids is 1. The van der Waals surface area contributed by atoms with Gasteiger partial charge < -0.3 is 127 Å². The molecule has 121 heavy (non-hydrogen) atoms. The highest BCUT2D eigenvalue weighted by Gasteiger charge is 2.45. The molecule has 4 fully saturated rings. The number of carbonyl (C=O) groups excluding carboxylic acids is 16. The van der Waals surface area contributed by atoms with Crippen molar-refractivity contribution in [3.63, 3.8) is 0 Å². The van der Waals surface area contributed by atoms with Crippen LogP contribution in [0, 0.1) is 23.2 Å². The Hall–Kier alpha value is -10.8. The summed E-state index contributed by atoms with van der Waals surface area (Å²) < 4.78 is 0. The number of carbonyl (C=O) groups is 17. The third-order valence-corrected chi connectivity index (χ3v) is 24.7. The van der Waals surface area contributed by atoms with E-state index in [0.717, 1.165) is 48.1 Å². The van der Waals surface area contributed by atoms with Gasteiger partial charge in [0, 0.05) is 104 Å². The van der Waals surface area contributed by atoms with Crippen LogP contribution in [0.4, 0.5) is 0 Å². The van der Waals surface area contributed by atoms with Crippen molar-refractivity contribution in [1.29, 1.82) is 5.41 Å². The predicted octanol–water partition coefficient (Wildman–Crippen LogP) is -7.12. The summed E-state index contributed by atoms with van der Waals surface area (Å²) in [7, 11) is 3.34. The van der Waals surface area contributed by atoms with Crippen LogP contribution in [0.5, 0.6) is 0 Å². The monoisotopic (exact) mass is 1770 g/mol. The number of fused-ring (bicyclic) bond motifs is 10. The van der Waals surface area contributed by atoms with Crippen molar-refractivity contribution in [2.24, 2.45) is 35.0 Å². The first kappa shape index (κ1) is 97.3. The molecule has 49 heteroatoms. The fourth-order valence-electron chi connectivity index (χ4n) is 13.4. The molecule has 45 nitrogen and oxygen atoms in total. The minimum atomic E-state index is -1.88. The molecule has 15 atom stereocenters. The Kier molecular flexibility index (Phi) is 38.6. The van der Waals surface area contributed by atoms with Gasteiger partial charge in [0.05, 0.1) is 32.1 Å². The van der Waals surface area contributed by atoms with E-state index in [1.54, 1.807) is 41.5 Å². The molecule has 0 aromatic carbocycles. The summed E-state index contributed by atoms with van der Waals surface area (Å²) >= 11 is 0. The SMILES string of the molecule is CC(C)C[C@@H]1NC(=O)[C@H](CCC(=O)O)NC(=O)[C@@H]2CCCN2C(=O)[C@H](Cc2cnc[nH]2)NC(=O)[C@H](CCCNC(=N)N)NC(=O)[C@H](C(C)C)NC(=O)[C@H](Cc2cnc[nH]2)NC(=O)[C@@H]2CSSC[C@H](NC(=O)CN)C(=O)N[C@@H](CSSC[C@@H](C(N)=O)NC1=O)C(=O)N[C@@H](CO)C(=O)N[C@@H](Cc1cnc[nH]1)C(=O)N1CCC[C@H]1C(=O)N[C@@H](C(C)C)C(=O)N2. The van der Waals surface area contributed by atoms with E-state index in [1.165, 1.54) is 42.5 Å². The average molecular weight is 1770 g/mol. The molecular weight excluding hydrogens is 1660 g/mol. The number of H-pyrrole nitrogens is 3. The maximum absolute atomic E-state index is 15.3. The van der Waals surface area contributed by atoms with E-state index >= 15 is 19.2 Å². The number of amides is 16. The van der Waals surface area contributed by atoms with Gasteiger partial charge in [0.1, 0.15) is 90.6 Å². The normalized spacial score (nSPS) is 26.8. The summed E-state index contributed by atoms with van der Waals surface area (Å²) in [5.74, 6) is -21.1. The number of aliphatic carboxylic acids is 1. The predicted molar refractivity (Wildman–Crippen MR) is 442 cm³/mol. The zero-order chi connectivity index (χ0) is 88.7. The van der Waals surface area contributed by atoms with E-state index in [0.29, 0.717) is 11.4 Å². The maximum atomic E-state index is 15.3. The van der Waals surface area contributed by atoms with Gasteiger partial charge in [0.25, 0.3) is 0 Å². The third kappa shape index (κ3) is 30.1. The fourth-order valence-corrected chi connectivity index (χ4v) is 18.1. The largest absolute Gasteiger partial charge is 0.481 e. The van der Waals surface area contributed by atoms with Crippen molar-refractivity contribution in [3.05, 3.63) is 54.7 Å². The van der Waals surface area contributed by atoms with E-state index in [4.69, 9.17) is 22.6 Å². The highest BCUT2D eigenvalue weighted by molar-refractivity contribution is 8.77. The number of nitrogens with zero attached hydrogens (tertiary/aromatic N) is 5. The van der Waals surface area contributed by atoms with Crippen LogP contribution in [-0.4, -0.2) is 303 Å². The molecule has 4 aliphatic heterocycles. The van der Waals surface area contributed by atoms with E-state index in [2.05, 4.69) is 104 Å². The summed E-state index contributed by atoms with van der Waals surface area (Å²) in [5.41, 5.74) is 18.1. The Morgan fingerprint density at radius 3 is 1.39 bits per heavy atom. The van der Waals surface area contributed by atoms with Crippen LogP contribution in [0.1, 0.15) is 116 Å². The molecule has 0 spiro atoms. The number of imidazole rings is 3. The Morgan fingerprint density at radius 1 is 0.504 bits per heavy atom. The lowest BCUT2D eigenvalue weighted by Gasteiger charge is -2.32. The van der Waals surface area contributed by atoms with Gasteiger partial charge >= 0.3 is 5.97 Å². The molecule has 4 aliphatic rings. The Labute approximate surface area is 711 Å². The number of aliphatic hydroxyl groups is 1. The van der Waals surface area contributed by atoms with Crippen LogP contribution in [0.2, 0.25) is 0 Å². The molecule has 0 unspecified atom stereocenters. The molecule has 7 rings (SSSR count). The quantitative estimate of drug-likeness (QED) is 0.0204. The highest BCUT2D eigenvalue weighted by atomic mass is 33.1. The molecule has 0 saturated carbocycles. The number of carboxylic acid groups (broad SMARTS) is 1. The number of nitrogens with one attached hydrogen (secondary N) is 18. The van der Waals surface area contributed by atoms with Gasteiger partial charge in [0.2, 0.25) is 94.5 Å². The van der Waals surface area contributed by atoms with Crippen LogP contribution in [0.15, 0.2) is 37.6 Å². The van der Waals surface area contributed by atoms with E-state index < -0.39 is 258 Å². The van der Waals surface area contributed by atoms with Crippen molar-refractivity contribution < 1.29 is 91.7 Å². The average Bonchev–Trinajstić information content (AvgIpc) is 1.72. The van der Waals surface area contributed by atoms with Gasteiger partial charge in [0.15, 0.2) is 5.96 Å². The van der Waals surface area contributed by atoms with E-state index in [-0.39, 0.29) is 95.5 Å². The zero-order valence-electron chi connectivity index (χ0n) is 67.6. The topological polar surface area (TPSA) is 693 Å². The molecule has 2 bridgehead atoms. The van der Waals surface area contributed by atoms with Crippen molar-refractivity contribution in [2.45, 2.75) is 209 Å². The lowest BCUT2D eigenvalue weighted by molar-refractivity contribution is -0.143. The third-order valence-electron chi connectivity index (χ3n) is 19.9. The number of rotatable bonds is 21. The van der Waals surface area contributed by atoms with Crippen molar-refractivity contribution in [3.8, 4) is 0 Å². The van der Waals surface area contributed by atoms with Crippen molar-refractivity contribution >= 4 is 150 Å². The Morgan fingerprint density at radius 2 is 0.917 bits per heavy atom. The molecule has 666 valence electrons. The van der Waals surface area contributed by atoms with Crippen LogP contribution >= 0.6 is 43.2 Å². The molecule has 3 aromatic heterocycles. The minimum absolute atomic E-state index is 0.00891. The number of nitrogens with two attached hydrogens (primary N) is 3. The van der Waals surface area contributed by atoms with Gasteiger partial charge in [-0.1, -0.05) is 84.7 Å². The fraction of sp³-hybridized carbons (Fsp3) is 0.625. The number of primary amides is 1. The van der Waals surface area contributed by atoms with Crippen LogP contribution in [-0.2, 0) is 101 Å². The first-order valence-electron chi connectivity index (χ1n) is 39.4. The lowest BCUT2D eigenvalue weighted by Crippen LogP contribution is -2.62. The summed E-state index contributed by atoms with van der Waals surface area (Å²) in [6.45, 7) is 7.77. The molecule has 4 saturated heterocycles. The molecule has 0 aliphatic carbocycles. The first-order chi connectivity index (χ1) is 57.5. The van der Waals surface area contributed by atoms with Gasteiger partial charge in [-0.15, -0.1) is 0 Å². The lowest BCUT2D eigenvalue weighted by atomic mass is 10.0. The van der Waals surface area contributed by atoms with Crippen LogP contribution in [0.3, 0.4) is 0 Å². The second-order valence-electron chi connectivity index (χ2n) is 30.4. The number of guanidine groups is 1. The number of aromatic amines is 3. The highest BCUT2D eigenvalue weighted by Crippen LogP contribution is 2.28. The maximum Gasteiger partial charge on any atom is 0.303 e. The second-order valence-corrected chi connectivity index (χ2v) is 35.5. The van der Waals surface area contributed by atoms with Gasteiger partial charge in [-0.2, -0.15) is 0 Å². The number of aliphatic hydroxyl groups excluding tert-OH is 1. The summed E-state index contributed by atoms with van der Waals surface area (Å²) in [4.78, 5) is 270. The number of hydrogen-bond donors (Lipinski definition) is 23. The second kappa shape index (κ2) is 48.0. The van der Waals surface area contributed by atoms with Crippen LogP contribution < -0.4 is 91.6 Å². The first-order valence-corrected chi connectivity index (χ1v) is 44.4. The number of aromatic nitrogens is 6. The van der Waals surface area contributed by atoms with E-state index in [1.807, 2.05) is 0 Å². The van der Waals surface area contributed by atoms with Gasteiger partial charge in [-0.3, -0.25) is 86.9 Å². The minimum Gasteiger partial charge on any atom is -0.481 e. The molecule has 0 radical (unpaired) electrons. The van der Waals surface area contributed by atoms with Gasteiger partial charge in [-0.05, 0) is 69.1 Å². The van der Waals surface area contributed by atoms with Crippen LogP contribution in [0.25, 0.3) is 0 Å². The molecular formula is C72H110N26O19S4. The molecule has 16 amide bonds.